The third-order valence-corrected chi connectivity index (χ3v) is 4.43. The molecule has 134 valence electrons. The van der Waals surface area contributed by atoms with Crippen LogP contribution >= 0.6 is 0 Å². The Morgan fingerprint density at radius 2 is 1.45 bits per heavy atom. The van der Waals surface area contributed by atoms with Gasteiger partial charge in [0.2, 0.25) is 0 Å². The summed E-state index contributed by atoms with van der Waals surface area (Å²) in [5, 5.41) is 0. The van der Waals surface area contributed by atoms with Gasteiger partial charge in [-0.1, -0.05) is 20.3 Å². The van der Waals surface area contributed by atoms with E-state index in [4.69, 9.17) is 9.47 Å². The first kappa shape index (κ1) is 21.8. The zero-order valence-corrected chi connectivity index (χ0v) is 15.2. The summed E-state index contributed by atoms with van der Waals surface area (Å²) < 4.78 is 43.8. The number of nitrogens with zero attached hydrogens (tertiary/aromatic N) is 1. The number of rotatable bonds is 15. The first-order valence-electron chi connectivity index (χ1n) is 8.25. The molecule has 0 rings (SSSR count). The molecule has 7 heteroatoms. The monoisotopic (exact) mass is 339 g/mol. The van der Waals surface area contributed by atoms with Crippen molar-refractivity contribution in [2.24, 2.45) is 0 Å². The smallest absolute Gasteiger partial charge is 0.102 e. The van der Waals surface area contributed by atoms with E-state index in [1.807, 2.05) is 0 Å². The molecule has 0 aromatic carbocycles. The van der Waals surface area contributed by atoms with Gasteiger partial charge >= 0.3 is 0 Å². The van der Waals surface area contributed by atoms with Crippen LogP contribution in [0.5, 0.6) is 0 Å². The molecular formula is C15H33NO5S. The maximum atomic E-state index is 10.7. The van der Waals surface area contributed by atoms with Crippen LogP contribution in [0, 0.1) is 0 Å². The van der Waals surface area contributed by atoms with E-state index in [0.717, 1.165) is 43.4 Å². The topological polar surface area (TPSA) is 75.7 Å². The lowest BCUT2D eigenvalue weighted by atomic mass is 10.2. The van der Waals surface area contributed by atoms with Gasteiger partial charge in [0, 0.05) is 18.8 Å². The molecule has 0 aromatic heterocycles. The Kier molecular flexibility index (Phi) is 12.1. The average molecular weight is 339 g/mol. The highest BCUT2D eigenvalue weighted by Gasteiger charge is 2.20. The van der Waals surface area contributed by atoms with Gasteiger partial charge in [-0.05, 0) is 12.8 Å². The summed E-state index contributed by atoms with van der Waals surface area (Å²) in [5.74, 6) is -0.279. The molecular weight excluding hydrogens is 306 g/mol. The van der Waals surface area contributed by atoms with E-state index in [9.17, 15) is 13.0 Å². The first-order chi connectivity index (χ1) is 10.3. The molecule has 0 bridgehead atoms. The minimum Gasteiger partial charge on any atom is -0.748 e. The molecule has 0 heterocycles. The van der Waals surface area contributed by atoms with Crippen molar-refractivity contribution >= 4 is 10.1 Å². The normalized spacial score (nSPS) is 14.9. The SMILES string of the molecule is CCCC[N+](C)(CCCS(=O)(=O)[O-])CCOCCOCCC. The summed E-state index contributed by atoms with van der Waals surface area (Å²) in [4.78, 5) is 0. The van der Waals surface area contributed by atoms with Crippen molar-refractivity contribution in [1.29, 1.82) is 0 Å². The molecule has 0 saturated carbocycles. The maximum Gasteiger partial charge on any atom is 0.102 e. The molecule has 0 N–H and O–H groups in total. The molecule has 0 spiro atoms. The minimum atomic E-state index is -4.11. The van der Waals surface area contributed by atoms with E-state index in [1.165, 1.54) is 0 Å². The predicted molar refractivity (Wildman–Crippen MR) is 86.8 cm³/mol. The Hall–Kier alpha value is -0.210. The predicted octanol–water partition coefficient (Wildman–Crippen LogP) is 1.61. The van der Waals surface area contributed by atoms with E-state index < -0.39 is 10.1 Å². The van der Waals surface area contributed by atoms with Crippen LogP contribution in [0.3, 0.4) is 0 Å². The second kappa shape index (κ2) is 12.2. The van der Waals surface area contributed by atoms with Gasteiger partial charge in [-0.2, -0.15) is 0 Å². The summed E-state index contributed by atoms with van der Waals surface area (Å²) in [7, 11) is -2.01. The molecule has 0 aliphatic rings. The van der Waals surface area contributed by atoms with Gasteiger partial charge in [0.25, 0.3) is 0 Å². The largest absolute Gasteiger partial charge is 0.748 e. The molecule has 0 radical (unpaired) electrons. The van der Waals surface area contributed by atoms with Crippen LogP contribution < -0.4 is 0 Å². The van der Waals surface area contributed by atoms with Crippen molar-refractivity contribution < 1.29 is 26.9 Å². The highest BCUT2D eigenvalue weighted by atomic mass is 32.2. The highest BCUT2D eigenvalue weighted by Crippen LogP contribution is 2.08. The Morgan fingerprint density at radius 3 is 2.00 bits per heavy atom. The van der Waals surface area contributed by atoms with Gasteiger partial charge in [-0.15, -0.1) is 0 Å². The van der Waals surface area contributed by atoms with Crippen molar-refractivity contribution in [1.82, 2.24) is 0 Å². The Bertz CT molecular complexity index is 361. The van der Waals surface area contributed by atoms with Crippen molar-refractivity contribution in [2.45, 2.75) is 39.5 Å². The van der Waals surface area contributed by atoms with Gasteiger partial charge in [0.15, 0.2) is 0 Å². The van der Waals surface area contributed by atoms with Gasteiger partial charge in [0.1, 0.15) is 6.54 Å². The van der Waals surface area contributed by atoms with E-state index in [1.54, 1.807) is 0 Å². The lowest BCUT2D eigenvalue weighted by Gasteiger charge is -2.34. The summed E-state index contributed by atoms with van der Waals surface area (Å²) in [5.41, 5.74) is 0. The number of quaternary nitrogens is 1. The lowest BCUT2D eigenvalue weighted by Crippen LogP contribution is -2.48. The third kappa shape index (κ3) is 13.5. The van der Waals surface area contributed by atoms with E-state index in [0.29, 0.717) is 32.8 Å². The molecule has 0 fully saturated rings. The Labute approximate surface area is 136 Å². The van der Waals surface area contributed by atoms with Crippen LogP contribution in [0.1, 0.15) is 39.5 Å². The van der Waals surface area contributed by atoms with Crippen LogP contribution in [0.4, 0.5) is 0 Å². The van der Waals surface area contributed by atoms with Gasteiger partial charge < -0.3 is 18.5 Å². The van der Waals surface area contributed by atoms with Crippen LogP contribution in [0.25, 0.3) is 0 Å². The molecule has 0 aliphatic heterocycles. The zero-order valence-electron chi connectivity index (χ0n) is 14.4. The summed E-state index contributed by atoms with van der Waals surface area (Å²) in [6, 6.07) is 0. The molecule has 0 saturated heterocycles. The van der Waals surface area contributed by atoms with E-state index in [-0.39, 0.29) is 5.75 Å². The molecule has 1 unspecified atom stereocenters. The minimum absolute atomic E-state index is 0.279. The molecule has 0 aliphatic carbocycles. The van der Waals surface area contributed by atoms with Gasteiger partial charge in [-0.3, -0.25) is 0 Å². The van der Waals surface area contributed by atoms with Crippen molar-refractivity contribution in [2.75, 3.05) is 58.9 Å². The molecule has 0 amide bonds. The number of likely N-dealkylation sites (N-methyl/N-ethyl adjacent to an activating group) is 1. The number of ether oxygens (including phenoxy) is 2. The van der Waals surface area contributed by atoms with Crippen molar-refractivity contribution in [3.63, 3.8) is 0 Å². The average Bonchev–Trinajstić information content (AvgIpc) is 2.43. The second-order valence-corrected chi connectivity index (χ2v) is 7.51. The Morgan fingerprint density at radius 1 is 0.864 bits per heavy atom. The molecule has 6 nitrogen and oxygen atoms in total. The van der Waals surface area contributed by atoms with E-state index >= 15 is 0 Å². The fourth-order valence-electron chi connectivity index (χ4n) is 2.25. The standard InChI is InChI=1S/C15H33NO5S/c1-4-6-8-16(3,9-7-15-22(17,18)19)10-12-21-14-13-20-11-5-2/h4-15H2,1-3H3. The van der Waals surface area contributed by atoms with Crippen molar-refractivity contribution in [3.8, 4) is 0 Å². The highest BCUT2D eigenvalue weighted by molar-refractivity contribution is 7.85. The first-order valence-corrected chi connectivity index (χ1v) is 9.83. The fourth-order valence-corrected chi connectivity index (χ4v) is 2.73. The van der Waals surface area contributed by atoms with E-state index in [2.05, 4.69) is 20.9 Å². The van der Waals surface area contributed by atoms with Gasteiger partial charge in [0.05, 0.1) is 50.1 Å². The Balaban J connectivity index is 4.03. The molecule has 1 atom stereocenters. The summed E-state index contributed by atoms with van der Waals surface area (Å²) >= 11 is 0. The lowest BCUT2D eigenvalue weighted by molar-refractivity contribution is -0.910. The summed E-state index contributed by atoms with van der Waals surface area (Å²) in [6.45, 7) is 9.28. The quantitative estimate of drug-likeness (QED) is 0.257. The molecule has 0 aromatic rings. The van der Waals surface area contributed by atoms with Crippen LogP contribution in [-0.4, -0.2) is 76.3 Å². The maximum absolute atomic E-state index is 10.7. The summed E-state index contributed by atoms with van der Waals surface area (Å²) in [6.07, 6.45) is 3.60. The van der Waals surface area contributed by atoms with Crippen LogP contribution in [0.15, 0.2) is 0 Å². The third-order valence-electron chi connectivity index (χ3n) is 3.64. The van der Waals surface area contributed by atoms with Crippen LogP contribution in [-0.2, 0) is 19.6 Å². The molecule has 22 heavy (non-hydrogen) atoms. The van der Waals surface area contributed by atoms with Crippen LogP contribution in [0.2, 0.25) is 0 Å². The number of hydrogen-bond acceptors (Lipinski definition) is 5. The zero-order chi connectivity index (χ0) is 16.9. The second-order valence-electron chi connectivity index (χ2n) is 5.98. The number of hydrogen-bond donors (Lipinski definition) is 0. The fraction of sp³-hybridized carbons (Fsp3) is 1.00. The number of unbranched alkanes of at least 4 members (excludes halogenated alkanes) is 1. The van der Waals surface area contributed by atoms with Gasteiger partial charge in [-0.25, -0.2) is 8.42 Å². The van der Waals surface area contributed by atoms with Crippen molar-refractivity contribution in [3.05, 3.63) is 0 Å².